The van der Waals surface area contributed by atoms with Gasteiger partial charge in [0.2, 0.25) is 0 Å². The summed E-state index contributed by atoms with van der Waals surface area (Å²) in [6, 6.07) is 18.8. The Morgan fingerprint density at radius 3 is 1.50 bits per heavy atom. The first-order valence-electron chi connectivity index (χ1n) is 7.42. The van der Waals surface area contributed by atoms with E-state index in [2.05, 4.69) is 0 Å². The van der Waals surface area contributed by atoms with Crippen LogP contribution in [0.25, 0.3) is 22.3 Å². The van der Waals surface area contributed by atoms with Gasteiger partial charge in [0.1, 0.15) is 9.79 Å². The van der Waals surface area contributed by atoms with Crippen molar-refractivity contribution in [2.24, 2.45) is 0 Å². The fourth-order valence-corrected chi connectivity index (χ4v) is 4.30. The average molecular weight is 390 g/mol. The van der Waals surface area contributed by atoms with Crippen molar-refractivity contribution < 1.29 is 25.9 Å². The Kier molecular flexibility index (Phi) is 4.68. The van der Waals surface area contributed by atoms with Crippen LogP contribution in [0.3, 0.4) is 0 Å². The monoisotopic (exact) mass is 390 g/mol. The maximum Gasteiger partial charge on any atom is 0.295 e. The van der Waals surface area contributed by atoms with E-state index >= 15 is 0 Å². The van der Waals surface area contributed by atoms with Crippen molar-refractivity contribution in [3.05, 3.63) is 72.8 Å². The Labute approximate surface area is 151 Å². The van der Waals surface area contributed by atoms with E-state index in [1.54, 1.807) is 42.5 Å². The predicted octanol–water partition coefficient (Wildman–Crippen LogP) is 3.51. The van der Waals surface area contributed by atoms with Crippen LogP contribution in [-0.4, -0.2) is 25.9 Å². The lowest BCUT2D eigenvalue weighted by Gasteiger charge is -2.15. The summed E-state index contributed by atoms with van der Waals surface area (Å²) in [5, 5.41) is 0. The SMILES string of the molecule is O=S(=O)(O)c1cccc(S(=O)(=O)O)c1-c1ccccc1-c1ccccc1. The van der Waals surface area contributed by atoms with Crippen LogP contribution in [0.5, 0.6) is 0 Å². The van der Waals surface area contributed by atoms with Gasteiger partial charge in [0, 0.05) is 5.56 Å². The molecule has 0 fully saturated rings. The first kappa shape index (κ1) is 18.3. The first-order chi connectivity index (χ1) is 12.2. The molecule has 3 aromatic rings. The third kappa shape index (κ3) is 3.54. The van der Waals surface area contributed by atoms with Crippen LogP contribution in [0.2, 0.25) is 0 Å². The van der Waals surface area contributed by atoms with E-state index in [9.17, 15) is 25.9 Å². The number of rotatable bonds is 4. The molecule has 2 N–H and O–H groups in total. The van der Waals surface area contributed by atoms with Crippen LogP contribution in [0.4, 0.5) is 0 Å². The minimum Gasteiger partial charge on any atom is -0.282 e. The van der Waals surface area contributed by atoms with Gasteiger partial charge in [0.25, 0.3) is 20.2 Å². The maximum atomic E-state index is 11.8. The average Bonchev–Trinajstić information content (AvgIpc) is 2.60. The molecule has 26 heavy (non-hydrogen) atoms. The minimum absolute atomic E-state index is 0.250. The van der Waals surface area contributed by atoms with Crippen molar-refractivity contribution in [3.8, 4) is 22.3 Å². The number of benzene rings is 3. The fourth-order valence-electron chi connectivity index (χ4n) is 2.78. The summed E-state index contributed by atoms with van der Waals surface area (Å²) in [7, 11) is -9.48. The van der Waals surface area contributed by atoms with Gasteiger partial charge < -0.3 is 0 Å². The molecule has 0 spiro atoms. The summed E-state index contributed by atoms with van der Waals surface area (Å²) in [6.45, 7) is 0. The van der Waals surface area contributed by atoms with E-state index in [1.165, 1.54) is 6.07 Å². The standard InChI is InChI=1S/C18H14O6S2/c19-25(20,21)16-11-6-12-17(26(22,23)24)18(16)15-10-5-4-9-14(15)13-7-2-1-3-8-13/h1-12H,(H,19,20,21)(H,22,23,24). The summed E-state index contributed by atoms with van der Waals surface area (Å²) in [4.78, 5) is -1.20. The molecule has 3 rings (SSSR count). The molecule has 0 bridgehead atoms. The van der Waals surface area contributed by atoms with E-state index in [1.807, 2.05) is 6.07 Å². The molecule has 0 saturated carbocycles. The topological polar surface area (TPSA) is 109 Å². The summed E-state index contributed by atoms with van der Waals surface area (Å²) in [5.41, 5.74) is 1.24. The Bertz CT molecular complexity index is 1120. The highest BCUT2D eigenvalue weighted by Gasteiger charge is 2.26. The number of hydrogen-bond donors (Lipinski definition) is 2. The molecular weight excluding hydrogens is 376 g/mol. The van der Waals surface area contributed by atoms with Gasteiger partial charge in [-0.05, 0) is 28.8 Å². The van der Waals surface area contributed by atoms with Crippen molar-refractivity contribution in [1.82, 2.24) is 0 Å². The van der Waals surface area contributed by atoms with Crippen LogP contribution >= 0.6 is 0 Å². The highest BCUT2D eigenvalue weighted by atomic mass is 32.2. The highest BCUT2D eigenvalue weighted by Crippen LogP contribution is 2.39. The van der Waals surface area contributed by atoms with Gasteiger partial charge in [0.05, 0.1) is 0 Å². The largest absolute Gasteiger partial charge is 0.295 e. The van der Waals surface area contributed by atoms with Gasteiger partial charge in [0.15, 0.2) is 0 Å². The van der Waals surface area contributed by atoms with Gasteiger partial charge >= 0.3 is 0 Å². The second kappa shape index (κ2) is 6.65. The Morgan fingerprint density at radius 1 is 0.538 bits per heavy atom. The van der Waals surface area contributed by atoms with Crippen molar-refractivity contribution >= 4 is 20.2 Å². The number of hydrogen-bond acceptors (Lipinski definition) is 4. The molecule has 0 unspecified atom stereocenters. The molecule has 3 aromatic carbocycles. The van der Waals surface area contributed by atoms with Crippen LogP contribution in [0, 0.1) is 0 Å². The molecule has 0 aromatic heterocycles. The lowest BCUT2D eigenvalue weighted by Crippen LogP contribution is -2.08. The van der Waals surface area contributed by atoms with Gasteiger partial charge in [-0.1, -0.05) is 60.7 Å². The molecule has 134 valence electrons. The molecule has 0 aliphatic rings. The third-order valence-corrected chi connectivity index (χ3v) is 5.62. The maximum absolute atomic E-state index is 11.8. The molecule has 8 heteroatoms. The second-order valence-electron chi connectivity index (χ2n) is 5.49. The molecule has 0 saturated heterocycles. The van der Waals surface area contributed by atoms with E-state index in [4.69, 9.17) is 0 Å². The summed E-state index contributed by atoms with van der Waals surface area (Å²) in [6.07, 6.45) is 0. The summed E-state index contributed by atoms with van der Waals surface area (Å²) >= 11 is 0. The van der Waals surface area contributed by atoms with E-state index in [-0.39, 0.29) is 11.1 Å². The normalized spacial score (nSPS) is 12.1. The molecule has 0 aliphatic heterocycles. The van der Waals surface area contributed by atoms with Crippen LogP contribution in [-0.2, 0) is 20.2 Å². The first-order valence-corrected chi connectivity index (χ1v) is 10.3. The Morgan fingerprint density at radius 2 is 1.00 bits per heavy atom. The highest BCUT2D eigenvalue weighted by molar-refractivity contribution is 7.87. The fraction of sp³-hybridized carbons (Fsp3) is 0. The molecule has 0 radical (unpaired) electrons. The third-order valence-electron chi connectivity index (χ3n) is 3.83. The smallest absolute Gasteiger partial charge is 0.282 e. The second-order valence-corrected chi connectivity index (χ2v) is 8.27. The van der Waals surface area contributed by atoms with Crippen molar-refractivity contribution in [3.63, 3.8) is 0 Å². The molecule has 0 atom stereocenters. The predicted molar refractivity (Wildman–Crippen MR) is 96.9 cm³/mol. The van der Waals surface area contributed by atoms with Crippen LogP contribution < -0.4 is 0 Å². The Balaban J connectivity index is 2.46. The lowest BCUT2D eigenvalue weighted by atomic mass is 9.94. The van der Waals surface area contributed by atoms with E-state index in [0.29, 0.717) is 5.56 Å². The quantitative estimate of drug-likeness (QED) is 0.660. The molecule has 0 amide bonds. The summed E-state index contributed by atoms with van der Waals surface area (Å²) in [5.74, 6) is 0. The summed E-state index contributed by atoms with van der Waals surface area (Å²) < 4.78 is 66.5. The zero-order chi connectivity index (χ0) is 18.9. The zero-order valence-electron chi connectivity index (χ0n) is 13.3. The van der Waals surface area contributed by atoms with Gasteiger partial charge in [-0.3, -0.25) is 9.11 Å². The van der Waals surface area contributed by atoms with Crippen LogP contribution in [0.15, 0.2) is 82.6 Å². The van der Waals surface area contributed by atoms with Gasteiger partial charge in [-0.2, -0.15) is 16.8 Å². The van der Waals surface area contributed by atoms with Crippen molar-refractivity contribution in [2.75, 3.05) is 0 Å². The molecule has 0 aliphatic carbocycles. The van der Waals surface area contributed by atoms with Crippen molar-refractivity contribution in [1.29, 1.82) is 0 Å². The van der Waals surface area contributed by atoms with Gasteiger partial charge in [-0.25, -0.2) is 0 Å². The van der Waals surface area contributed by atoms with Crippen molar-refractivity contribution in [2.45, 2.75) is 9.79 Å². The van der Waals surface area contributed by atoms with E-state index in [0.717, 1.165) is 23.8 Å². The molecular formula is C18H14O6S2. The Hall–Kier alpha value is -2.52. The molecule has 6 nitrogen and oxygen atoms in total. The molecule has 0 heterocycles. The minimum atomic E-state index is -4.74. The van der Waals surface area contributed by atoms with Crippen LogP contribution in [0.1, 0.15) is 0 Å². The van der Waals surface area contributed by atoms with E-state index < -0.39 is 30.0 Å². The lowest BCUT2D eigenvalue weighted by molar-refractivity contribution is 0.482. The van der Waals surface area contributed by atoms with Gasteiger partial charge in [-0.15, -0.1) is 0 Å². The zero-order valence-corrected chi connectivity index (χ0v) is 14.9.